The summed E-state index contributed by atoms with van der Waals surface area (Å²) >= 11 is 0. The fourth-order valence-corrected chi connectivity index (χ4v) is 4.39. The standard InChI is InChI=1S/C19H21N3O6P2/c1-15-12-17(10-6-3-7-11-30(25,26)28-29(23)24)22-18(20-15)13-19(21-22)27-14-16-8-4-2-5-9-16/h2-5,7-9,12-13H,6,10-11,14H2,1H3,(H-,23,24,25,26)/p+1. The van der Waals surface area contributed by atoms with Crippen molar-refractivity contribution in [1.82, 2.24) is 14.6 Å². The van der Waals surface area contributed by atoms with Crippen molar-refractivity contribution in [2.45, 2.75) is 26.4 Å². The van der Waals surface area contributed by atoms with Crippen molar-refractivity contribution in [2.75, 3.05) is 6.16 Å². The monoisotopic (exact) mass is 450 g/mol. The summed E-state index contributed by atoms with van der Waals surface area (Å²) in [6.07, 6.45) is 4.03. The second kappa shape index (κ2) is 10.1. The van der Waals surface area contributed by atoms with E-state index in [1.807, 2.05) is 43.3 Å². The lowest BCUT2D eigenvalue weighted by molar-refractivity contribution is 0.292. The Labute approximate surface area is 174 Å². The van der Waals surface area contributed by atoms with Crippen LogP contribution in [-0.4, -0.2) is 30.5 Å². The fourth-order valence-electron chi connectivity index (χ4n) is 2.84. The van der Waals surface area contributed by atoms with Crippen LogP contribution in [0.1, 0.15) is 23.4 Å². The lowest BCUT2D eigenvalue weighted by Crippen LogP contribution is -2.02. The predicted octanol–water partition coefficient (Wildman–Crippen LogP) is 3.96. The number of hydrogen-bond acceptors (Lipinski definition) is 6. The molecule has 2 heterocycles. The maximum Gasteiger partial charge on any atom is 0.703 e. The first-order valence-electron chi connectivity index (χ1n) is 9.18. The van der Waals surface area contributed by atoms with E-state index >= 15 is 0 Å². The van der Waals surface area contributed by atoms with Gasteiger partial charge in [0.05, 0.1) is 6.16 Å². The van der Waals surface area contributed by atoms with Gasteiger partial charge in [0.2, 0.25) is 5.88 Å². The largest absolute Gasteiger partial charge is 0.703 e. The van der Waals surface area contributed by atoms with Crippen molar-refractivity contribution < 1.29 is 28.0 Å². The molecular weight excluding hydrogens is 428 g/mol. The van der Waals surface area contributed by atoms with Gasteiger partial charge in [-0.25, -0.2) is 9.50 Å². The van der Waals surface area contributed by atoms with Crippen LogP contribution in [0.5, 0.6) is 5.88 Å². The van der Waals surface area contributed by atoms with Gasteiger partial charge < -0.3 is 9.63 Å². The van der Waals surface area contributed by atoms with Crippen LogP contribution in [0.2, 0.25) is 0 Å². The molecule has 0 bridgehead atoms. The molecule has 0 fully saturated rings. The summed E-state index contributed by atoms with van der Waals surface area (Å²) < 4.78 is 33.7. The highest BCUT2D eigenvalue weighted by atomic mass is 31.2. The number of ether oxygens (including phenoxy) is 1. The molecule has 1 aromatic carbocycles. The third-order valence-corrected chi connectivity index (χ3v) is 6.36. The number of aromatic nitrogens is 3. The molecule has 2 aromatic heterocycles. The third kappa shape index (κ3) is 6.55. The van der Waals surface area contributed by atoms with Gasteiger partial charge in [0, 0.05) is 22.0 Å². The SMILES string of the molecule is Cc1cc(CCC=CCP(=O)(O)O[P+](=O)O)n2nc(OCc3ccccc3)cc2n1. The molecule has 0 aliphatic carbocycles. The van der Waals surface area contributed by atoms with Gasteiger partial charge in [-0.05, 0) is 35.7 Å². The molecule has 2 unspecified atom stereocenters. The number of hydrogen-bond donors (Lipinski definition) is 2. The van der Waals surface area contributed by atoms with E-state index in [4.69, 9.17) is 9.63 Å². The first-order valence-corrected chi connectivity index (χ1v) is 12.1. The zero-order valence-corrected chi connectivity index (χ0v) is 18.1. The Morgan fingerprint density at radius 1 is 1.23 bits per heavy atom. The van der Waals surface area contributed by atoms with Gasteiger partial charge in [0.1, 0.15) is 6.61 Å². The molecule has 0 saturated carbocycles. The lowest BCUT2D eigenvalue weighted by Gasteiger charge is -2.05. The Hall–Kier alpha value is -2.41. The van der Waals surface area contributed by atoms with Crippen LogP contribution in [0.3, 0.4) is 0 Å². The van der Waals surface area contributed by atoms with Crippen LogP contribution >= 0.6 is 15.9 Å². The van der Waals surface area contributed by atoms with E-state index in [0.717, 1.165) is 17.0 Å². The summed E-state index contributed by atoms with van der Waals surface area (Å²) in [5.74, 6) is 0.477. The topological polar surface area (TPSA) is 123 Å². The molecule has 0 saturated heterocycles. The smallest absolute Gasteiger partial charge is 0.472 e. The van der Waals surface area contributed by atoms with Gasteiger partial charge in [-0.2, -0.15) is 0 Å². The van der Waals surface area contributed by atoms with E-state index in [0.29, 0.717) is 31.0 Å². The van der Waals surface area contributed by atoms with Crippen molar-refractivity contribution >= 4 is 21.5 Å². The van der Waals surface area contributed by atoms with E-state index in [1.54, 1.807) is 16.7 Å². The Morgan fingerprint density at radius 2 is 2.00 bits per heavy atom. The average molecular weight is 450 g/mol. The maximum absolute atomic E-state index is 11.5. The summed E-state index contributed by atoms with van der Waals surface area (Å²) in [4.78, 5) is 22.5. The Kier molecular flexibility index (Phi) is 7.48. The first-order chi connectivity index (χ1) is 14.3. The van der Waals surface area contributed by atoms with Gasteiger partial charge in [0.25, 0.3) is 0 Å². The molecule has 0 spiro atoms. The number of fused-ring (bicyclic) bond motifs is 1. The average Bonchev–Trinajstić information content (AvgIpc) is 3.08. The highest BCUT2D eigenvalue weighted by molar-refractivity contribution is 7.59. The summed E-state index contributed by atoms with van der Waals surface area (Å²) in [5, 5.41) is 4.48. The molecule has 0 aliphatic rings. The van der Waals surface area contributed by atoms with Crippen LogP contribution in [0, 0.1) is 6.92 Å². The predicted molar refractivity (Wildman–Crippen MR) is 112 cm³/mol. The molecule has 0 aliphatic heterocycles. The van der Waals surface area contributed by atoms with Gasteiger partial charge in [-0.1, -0.05) is 42.5 Å². The Morgan fingerprint density at radius 3 is 2.73 bits per heavy atom. The van der Waals surface area contributed by atoms with Crippen LogP contribution in [0.4, 0.5) is 0 Å². The molecule has 3 rings (SSSR count). The number of benzene rings is 1. The van der Waals surface area contributed by atoms with E-state index < -0.39 is 15.9 Å². The third-order valence-electron chi connectivity index (χ3n) is 4.10. The minimum atomic E-state index is -4.10. The molecule has 0 radical (unpaired) electrons. The summed E-state index contributed by atoms with van der Waals surface area (Å²) in [6, 6.07) is 13.5. The van der Waals surface area contributed by atoms with Crippen LogP contribution in [0.15, 0.2) is 54.6 Å². The molecule has 11 heteroatoms. The van der Waals surface area contributed by atoms with Gasteiger partial charge >= 0.3 is 15.9 Å². The molecule has 3 aromatic rings. The summed E-state index contributed by atoms with van der Waals surface area (Å²) in [7, 11) is -7.22. The molecule has 30 heavy (non-hydrogen) atoms. The summed E-state index contributed by atoms with van der Waals surface area (Å²) in [5.41, 5.74) is 3.48. The maximum atomic E-state index is 11.5. The van der Waals surface area contributed by atoms with E-state index in [9.17, 15) is 14.0 Å². The zero-order chi connectivity index (χ0) is 21.6. The molecule has 158 valence electrons. The first kappa shape index (κ1) is 22.3. The van der Waals surface area contributed by atoms with Crippen molar-refractivity contribution in [3.8, 4) is 5.88 Å². The highest BCUT2D eigenvalue weighted by Crippen LogP contribution is 2.49. The van der Waals surface area contributed by atoms with Gasteiger partial charge in [-0.3, -0.25) is 4.57 Å². The minimum absolute atomic E-state index is 0.335. The number of rotatable bonds is 10. The zero-order valence-electron chi connectivity index (χ0n) is 16.3. The van der Waals surface area contributed by atoms with Crippen LogP contribution in [0.25, 0.3) is 5.65 Å². The molecule has 9 nitrogen and oxygen atoms in total. The van der Waals surface area contributed by atoms with Crippen LogP contribution < -0.4 is 4.74 Å². The highest BCUT2D eigenvalue weighted by Gasteiger charge is 2.31. The second-order valence-electron chi connectivity index (χ2n) is 6.57. The molecule has 2 N–H and O–H groups in total. The van der Waals surface area contributed by atoms with Crippen molar-refractivity contribution in [2.24, 2.45) is 0 Å². The number of nitrogens with zero attached hydrogens (tertiary/aromatic N) is 3. The van der Waals surface area contributed by atoms with E-state index in [-0.39, 0.29) is 6.16 Å². The normalized spacial score (nSPS) is 14.2. The number of aryl methyl sites for hydroxylation is 2. The van der Waals surface area contributed by atoms with E-state index in [1.165, 1.54) is 6.08 Å². The van der Waals surface area contributed by atoms with Crippen molar-refractivity contribution in [3.05, 3.63) is 71.6 Å². The minimum Gasteiger partial charge on any atom is -0.472 e. The molecule has 0 amide bonds. The van der Waals surface area contributed by atoms with Crippen LogP contribution in [-0.2, 0) is 26.5 Å². The fraction of sp³-hybridized carbons (Fsp3) is 0.263. The Bertz CT molecular complexity index is 1100. The lowest BCUT2D eigenvalue weighted by atomic mass is 10.2. The van der Waals surface area contributed by atoms with Crippen molar-refractivity contribution in [1.29, 1.82) is 0 Å². The van der Waals surface area contributed by atoms with Crippen molar-refractivity contribution in [3.63, 3.8) is 0 Å². The van der Waals surface area contributed by atoms with Gasteiger partial charge in [-0.15, -0.1) is 9.99 Å². The summed E-state index contributed by atoms with van der Waals surface area (Å²) in [6.45, 7) is 2.30. The number of allylic oxidation sites excluding steroid dienone is 2. The molecule has 2 atom stereocenters. The van der Waals surface area contributed by atoms with Gasteiger partial charge in [0.15, 0.2) is 5.65 Å². The second-order valence-corrected chi connectivity index (χ2v) is 9.33. The quantitative estimate of drug-likeness (QED) is 0.352. The Balaban J connectivity index is 1.64. The van der Waals surface area contributed by atoms with E-state index in [2.05, 4.69) is 14.4 Å². The molecular formula is C19H22N3O6P2+.